The van der Waals surface area contributed by atoms with Gasteiger partial charge in [0, 0.05) is 5.56 Å². The first-order chi connectivity index (χ1) is 6.50. The van der Waals surface area contributed by atoms with E-state index in [0.29, 0.717) is 0 Å². The Kier molecular flexibility index (Phi) is 3.06. The first kappa shape index (κ1) is 10.5. The maximum absolute atomic E-state index is 11.2. The molecule has 0 aromatic heterocycles. The van der Waals surface area contributed by atoms with Crippen LogP contribution in [0.2, 0.25) is 0 Å². The van der Waals surface area contributed by atoms with E-state index in [4.69, 9.17) is 0 Å². The molecule has 2 heteroatoms. The van der Waals surface area contributed by atoms with Crippen LogP contribution in [0.25, 0.3) is 0 Å². The van der Waals surface area contributed by atoms with E-state index in [9.17, 15) is 9.90 Å². The van der Waals surface area contributed by atoms with Gasteiger partial charge < -0.3 is 5.11 Å². The number of rotatable bonds is 1. The average molecular weight is 188 g/mol. The lowest BCUT2D eigenvalue weighted by molar-refractivity contribution is -0.127. The highest BCUT2D eigenvalue weighted by molar-refractivity contribution is 6.01. The van der Waals surface area contributed by atoms with Gasteiger partial charge in [0.25, 0.3) is 0 Å². The topological polar surface area (TPSA) is 37.3 Å². The molecule has 0 amide bonds. The van der Waals surface area contributed by atoms with Crippen LogP contribution in [0.3, 0.4) is 0 Å². The fourth-order valence-corrected chi connectivity index (χ4v) is 0.803. The van der Waals surface area contributed by atoms with Crippen LogP contribution in [0.5, 0.6) is 0 Å². The van der Waals surface area contributed by atoms with Gasteiger partial charge in [-0.2, -0.15) is 0 Å². The van der Waals surface area contributed by atoms with E-state index < -0.39 is 11.4 Å². The molecule has 0 heterocycles. The van der Waals surface area contributed by atoms with E-state index in [1.807, 2.05) is 30.3 Å². The summed E-state index contributed by atoms with van der Waals surface area (Å²) in [5, 5.41) is 9.31. The van der Waals surface area contributed by atoms with Gasteiger partial charge in [0.15, 0.2) is 0 Å². The van der Waals surface area contributed by atoms with Crippen molar-refractivity contribution in [1.82, 2.24) is 0 Å². The smallest absolute Gasteiger partial charge is 0.236 e. The van der Waals surface area contributed by atoms with Crippen molar-refractivity contribution in [2.24, 2.45) is 0 Å². The molecular weight excluding hydrogens is 176 g/mol. The normalized spacial score (nSPS) is 10.2. The Morgan fingerprint density at radius 1 is 1.29 bits per heavy atom. The molecule has 0 aliphatic carbocycles. The van der Waals surface area contributed by atoms with E-state index in [2.05, 4.69) is 11.8 Å². The van der Waals surface area contributed by atoms with Crippen molar-refractivity contribution < 1.29 is 9.90 Å². The molecular formula is C12H12O2. The SMILES string of the molecule is CC(C)(O)C(=O)C#Cc1ccccc1. The molecule has 0 unspecified atom stereocenters. The lowest BCUT2D eigenvalue weighted by Gasteiger charge is -2.09. The highest BCUT2D eigenvalue weighted by Crippen LogP contribution is 2.02. The molecule has 0 saturated heterocycles. The highest BCUT2D eigenvalue weighted by Gasteiger charge is 2.21. The molecule has 0 saturated carbocycles. The summed E-state index contributed by atoms with van der Waals surface area (Å²) in [6, 6.07) is 9.19. The molecule has 0 radical (unpaired) electrons. The van der Waals surface area contributed by atoms with Crippen LogP contribution in [-0.4, -0.2) is 16.5 Å². The molecule has 0 bridgehead atoms. The van der Waals surface area contributed by atoms with Crippen molar-refractivity contribution in [2.75, 3.05) is 0 Å². The Morgan fingerprint density at radius 2 is 1.86 bits per heavy atom. The number of benzene rings is 1. The second kappa shape index (κ2) is 4.08. The molecule has 14 heavy (non-hydrogen) atoms. The Bertz CT molecular complexity index is 374. The van der Waals surface area contributed by atoms with Gasteiger partial charge in [0.2, 0.25) is 5.78 Å². The highest BCUT2D eigenvalue weighted by atomic mass is 16.3. The minimum absolute atomic E-state index is 0.471. The van der Waals surface area contributed by atoms with E-state index in [1.54, 1.807) is 0 Å². The molecule has 72 valence electrons. The quantitative estimate of drug-likeness (QED) is 0.676. The van der Waals surface area contributed by atoms with Crippen LogP contribution in [0.1, 0.15) is 19.4 Å². The molecule has 1 rings (SSSR count). The fraction of sp³-hybridized carbons (Fsp3) is 0.250. The standard InChI is InChI=1S/C12H12O2/c1-12(2,14)11(13)9-8-10-6-4-3-5-7-10/h3-7,14H,1-2H3. The first-order valence-corrected chi connectivity index (χ1v) is 4.34. The summed E-state index contributed by atoms with van der Waals surface area (Å²) in [5.41, 5.74) is -0.605. The molecule has 0 spiro atoms. The van der Waals surface area contributed by atoms with E-state index in [-0.39, 0.29) is 0 Å². The Labute approximate surface area is 83.6 Å². The maximum Gasteiger partial charge on any atom is 0.236 e. The van der Waals surface area contributed by atoms with Crippen molar-refractivity contribution >= 4 is 5.78 Å². The largest absolute Gasteiger partial charge is 0.382 e. The van der Waals surface area contributed by atoms with Gasteiger partial charge in [-0.05, 0) is 31.9 Å². The summed E-state index contributed by atoms with van der Waals surface area (Å²) in [7, 11) is 0. The Morgan fingerprint density at radius 3 is 2.36 bits per heavy atom. The summed E-state index contributed by atoms with van der Waals surface area (Å²) >= 11 is 0. The molecule has 0 aliphatic rings. The third-order valence-electron chi connectivity index (χ3n) is 1.65. The average Bonchev–Trinajstić information content (AvgIpc) is 2.14. The number of aliphatic hydroxyl groups is 1. The molecule has 1 N–H and O–H groups in total. The second-order valence-electron chi connectivity index (χ2n) is 3.50. The van der Waals surface area contributed by atoms with Crippen LogP contribution < -0.4 is 0 Å². The van der Waals surface area contributed by atoms with Crippen molar-refractivity contribution in [3.63, 3.8) is 0 Å². The zero-order valence-electron chi connectivity index (χ0n) is 8.24. The predicted octanol–water partition coefficient (Wildman–Crippen LogP) is 1.38. The van der Waals surface area contributed by atoms with Gasteiger partial charge in [-0.1, -0.05) is 24.1 Å². The Balaban J connectivity index is 2.80. The van der Waals surface area contributed by atoms with Crippen molar-refractivity contribution in [1.29, 1.82) is 0 Å². The lowest BCUT2D eigenvalue weighted by Crippen LogP contribution is -2.29. The van der Waals surface area contributed by atoms with Crippen molar-refractivity contribution in [2.45, 2.75) is 19.4 Å². The van der Waals surface area contributed by atoms with Crippen LogP contribution in [-0.2, 0) is 4.79 Å². The fourth-order valence-electron chi connectivity index (χ4n) is 0.803. The zero-order chi connectivity index (χ0) is 10.6. The van der Waals surface area contributed by atoms with Gasteiger partial charge in [-0.15, -0.1) is 0 Å². The number of hydrogen-bond acceptors (Lipinski definition) is 2. The predicted molar refractivity (Wildman–Crippen MR) is 54.6 cm³/mol. The summed E-state index contributed by atoms with van der Waals surface area (Å²) in [6.45, 7) is 2.85. The molecule has 0 atom stereocenters. The number of Topliss-reactive ketones (excluding diaryl/α,β-unsaturated/α-hetero) is 1. The van der Waals surface area contributed by atoms with Crippen LogP contribution in [0, 0.1) is 11.8 Å². The zero-order valence-corrected chi connectivity index (χ0v) is 8.24. The van der Waals surface area contributed by atoms with E-state index >= 15 is 0 Å². The first-order valence-electron chi connectivity index (χ1n) is 4.34. The maximum atomic E-state index is 11.2. The summed E-state index contributed by atoms with van der Waals surface area (Å²) in [5.74, 6) is 4.62. The lowest BCUT2D eigenvalue weighted by atomic mass is 10.0. The van der Waals surface area contributed by atoms with E-state index in [0.717, 1.165) is 5.56 Å². The molecule has 1 aromatic rings. The Hall–Kier alpha value is -1.59. The number of carbonyl (C=O) groups excluding carboxylic acids is 1. The van der Waals surface area contributed by atoms with Crippen molar-refractivity contribution in [3.8, 4) is 11.8 Å². The summed E-state index contributed by atoms with van der Waals surface area (Å²) in [6.07, 6.45) is 0. The molecule has 0 aliphatic heterocycles. The van der Waals surface area contributed by atoms with Gasteiger partial charge in [-0.25, -0.2) is 0 Å². The third-order valence-corrected chi connectivity index (χ3v) is 1.65. The summed E-state index contributed by atoms with van der Waals surface area (Å²) in [4.78, 5) is 11.2. The van der Waals surface area contributed by atoms with Gasteiger partial charge in [-0.3, -0.25) is 4.79 Å². The van der Waals surface area contributed by atoms with Crippen LogP contribution in [0.4, 0.5) is 0 Å². The van der Waals surface area contributed by atoms with Gasteiger partial charge in [0.1, 0.15) is 5.60 Å². The molecule has 1 aromatic carbocycles. The number of carbonyl (C=O) groups is 1. The monoisotopic (exact) mass is 188 g/mol. The molecule has 0 fully saturated rings. The minimum atomic E-state index is -1.37. The minimum Gasteiger partial charge on any atom is -0.382 e. The van der Waals surface area contributed by atoms with Crippen LogP contribution >= 0.6 is 0 Å². The van der Waals surface area contributed by atoms with Gasteiger partial charge >= 0.3 is 0 Å². The summed E-state index contributed by atoms with van der Waals surface area (Å²) < 4.78 is 0. The number of ketones is 1. The van der Waals surface area contributed by atoms with Crippen LogP contribution in [0.15, 0.2) is 30.3 Å². The molecule has 2 nitrogen and oxygen atoms in total. The van der Waals surface area contributed by atoms with Crippen molar-refractivity contribution in [3.05, 3.63) is 35.9 Å². The number of hydrogen-bond donors (Lipinski definition) is 1. The van der Waals surface area contributed by atoms with E-state index in [1.165, 1.54) is 13.8 Å². The third kappa shape index (κ3) is 3.04. The second-order valence-corrected chi connectivity index (χ2v) is 3.50. The van der Waals surface area contributed by atoms with Gasteiger partial charge in [0.05, 0.1) is 0 Å².